The summed E-state index contributed by atoms with van der Waals surface area (Å²) in [5.41, 5.74) is 0. The zero-order valence-corrected chi connectivity index (χ0v) is 5.99. The van der Waals surface area contributed by atoms with Crippen LogP contribution in [0, 0.1) is 0 Å². The second-order valence-corrected chi connectivity index (χ2v) is 2.41. The van der Waals surface area contributed by atoms with Crippen molar-refractivity contribution in [1.82, 2.24) is 5.32 Å². The Hall–Kier alpha value is -0.650. The molecule has 0 aromatic carbocycles. The van der Waals surface area contributed by atoms with E-state index in [1.54, 1.807) is 0 Å². The molecular formula is C6H11NO4. The highest BCUT2D eigenvalue weighted by Gasteiger charge is 2.24. The van der Waals surface area contributed by atoms with Gasteiger partial charge in [-0.05, 0) is 19.4 Å². The third kappa shape index (κ3) is 2.45. The number of carbonyl (C=O) groups excluding carboxylic acids is 1. The van der Waals surface area contributed by atoms with Crippen molar-refractivity contribution >= 4 is 5.97 Å². The van der Waals surface area contributed by atoms with Gasteiger partial charge in [-0.15, -0.1) is 0 Å². The normalized spacial score (nSPS) is 24.1. The van der Waals surface area contributed by atoms with E-state index in [-0.39, 0.29) is 6.04 Å². The van der Waals surface area contributed by atoms with Gasteiger partial charge in [-0.2, -0.15) is 0 Å². The van der Waals surface area contributed by atoms with Gasteiger partial charge in [0.25, 0.3) is 0 Å². The lowest BCUT2D eigenvalue weighted by atomic mass is 10.2. The third-order valence-electron chi connectivity index (χ3n) is 1.57. The average molecular weight is 161 g/mol. The van der Waals surface area contributed by atoms with Gasteiger partial charge in [-0.1, -0.05) is 0 Å². The van der Waals surface area contributed by atoms with E-state index in [1.165, 1.54) is 0 Å². The van der Waals surface area contributed by atoms with Crippen LogP contribution in [0.1, 0.15) is 12.8 Å². The van der Waals surface area contributed by atoms with Gasteiger partial charge in [-0.3, -0.25) is 4.79 Å². The highest BCUT2D eigenvalue weighted by molar-refractivity contribution is 5.76. The van der Waals surface area contributed by atoms with Crippen LogP contribution in [-0.4, -0.2) is 35.2 Å². The van der Waals surface area contributed by atoms with Crippen molar-refractivity contribution in [2.75, 3.05) is 6.54 Å². The first-order valence-electron chi connectivity index (χ1n) is 3.50. The van der Waals surface area contributed by atoms with E-state index in [0.717, 1.165) is 13.0 Å². The fraction of sp³-hybridized carbons (Fsp3) is 0.833. The Morgan fingerprint density at radius 1 is 1.64 bits per heavy atom. The largest absolute Gasteiger partial charge is 0.410 e. The van der Waals surface area contributed by atoms with Crippen LogP contribution in [0.15, 0.2) is 0 Å². The van der Waals surface area contributed by atoms with Gasteiger partial charge < -0.3 is 20.3 Å². The van der Waals surface area contributed by atoms with Crippen LogP contribution in [0.3, 0.4) is 0 Å². The van der Waals surface area contributed by atoms with E-state index in [0.29, 0.717) is 6.42 Å². The molecule has 0 aromatic rings. The Kier molecular flexibility index (Phi) is 2.81. The Morgan fingerprint density at radius 3 is 2.82 bits per heavy atom. The number of aliphatic hydroxyl groups is 2. The van der Waals surface area contributed by atoms with Gasteiger partial charge in [0.15, 0.2) is 0 Å². The Bertz CT molecular complexity index is 142. The zero-order valence-electron chi connectivity index (χ0n) is 5.99. The number of hydrogen-bond acceptors (Lipinski definition) is 5. The molecule has 1 aliphatic heterocycles. The minimum Gasteiger partial charge on any atom is -0.410 e. The monoisotopic (exact) mass is 161 g/mol. The van der Waals surface area contributed by atoms with Gasteiger partial charge in [0.05, 0.1) is 0 Å². The molecule has 1 aliphatic rings. The first-order valence-corrected chi connectivity index (χ1v) is 3.50. The highest BCUT2D eigenvalue weighted by atomic mass is 16.7. The molecule has 64 valence electrons. The lowest BCUT2D eigenvalue weighted by Crippen LogP contribution is -2.34. The SMILES string of the molecule is O=C(OC(O)O)[C@@H]1CCCN1. The fourth-order valence-electron chi connectivity index (χ4n) is 1.07. The van der Waals surface area contributed by atoms with E-state index < -0.39 is 12.4 Å². The Morgan fingerprint density at radius 2 is 2.36 bits per heavy atom. The number of hydrogen-bond donors (Lipinski definition) is 3. The van der Waals surface area contributed by atoms with Gasteiger partial charge >= 0.3 is 12.4 Å². The lowest BCUT2D eigenvalue weighted by Gasteiger charge is -2.10. The molecule has 1 rings (SSSR count). The minimum atomic E-state index is -2.00. The van der Waals surface area contributed by atoms with Crippen LogP contribution in [0.4, 0.5) is 0 Å². The molecule has 0 aromatic heterocycles. The van der Waals surface area contributed by atoms with Crippen molar-refractivity contribution in [3.05, 3.63) is 0 Å². The van der Waals surface area contributed by atoms with Crippen molar-refractivity contribution < 1.29 is 19.7 Å². The molecule has 1 heterocycles. The number of ether oxygens (including phenoxy) is 1. The number of rotatable bonds is 2. The second-order valence-electron chi connectivity index (χ2n) is 2.41. The first-order chi connectivity index (χ1) is 5.20. The smallest absolute Gasteiger partial charge is 0.327 e. The van der Waals surface area contributed by atoms with Crippen LogP contribution < -0.4 is 5.32 Å². The molecule has 1 saturated heterocycles. The van der Waals surface area contributed by atoms with Crippen molar-refractivity contribution in [2.45, 2.75) is 25.4 Å². The molecule has 0 spiro atoms. The summed E-state index contributed by atoms with van der Waals surface area (Å²) in [6, 6.07) is -0.364. The van der Waals surface area contributed by atoms with Gasteiger partial charge in [-0.25, -0.2) is 0 Å². The molecule has 5 heteroatoms. The van der Waals surface area contributed by atoms with E-state index in [9.17, 15) is 4.79 Å². The van der Waals surface area contributed by atoms with Crippen molar-refractivity contribution in [3.8, 4) is 0 Å². The predicted molar refractivity (Wildman–Crippen MR) is 35.3 cm³/mol. The molecule has 3 N–H and O–H groups in total. The van der Waals surface area contributed by atoms with Gasteiger partial charge in [0.2, 0.25) is 0 Å². The zero-order chi connectivity index (χ0) is 8.27. The topological polar surface area (TPSA) is 78.8 Å². The van der Waals surface area contributed by atoms with Crippen LogP contribution in [-0.2, 0) is 9.53 Å². The summed E-state index contributed by atoms with van der Waals surface area (Å²) in [6.45, 7) is -1.22. The van der Waals surface area contributed by atoms with Gasteiger partial charge in [0, 0.05) is 0 Å². The third-order valence-corrected chi connectivity index (χ3v) is 1.57. The maximum absolute atomic E-state index is 10.9. The summed E-state index contributed by atoms with van der Waals surface area (Å²) < 4.78 is 4.14. The summed E-state index contributed by atoms with van der Waals surface area (Å²) in [7, 11) is 0. The summed E-state index contributed by atoms with van der Waals surface area (Å²) in [5.74, 6) is -0.600. The average Bonchev–Trinajstić information content (AvgIpc) is 2.35. The summed E-state index contributed by atoms with van der Waals surface area (Å²) >= 11 is 0. The summed E-state index contributed by atoms with van der Waals surface area (Å²) in [5, 5.41) is 19.4. The van der Waals surface area contributed by atoms with Crippen molar-refractivity contribution in [2.24, 2.45) is 0 Å². The van der Waals surface area contributed by atoms with Crippen LogP contribution in [0.5, 0.6) is 0 Å². The predicted octanol–water partition coefficient (Wildman–Crippen LogP) is -1.45. The van der Waals surface area contributed by atoms with Crippen molar-refractivity contribution in [1.29, 1.82) is 0 Å². The molecule has 0 radical (unpaired) electrons. The summed E-state index contributed by atoms with van der Waals surface area (Å²) in [4.78, 5) is 10.9. The lowest BCUT2D eigenvalue weighted by molar-refractivity contribution is -0.231. The van der Waals surface area contributed by atoms with Crippen LogP contribution >= 0.6 is 0 Å². The maximum atomic E-state index is 10.9. The molecular weight excluding hydrogens is 150 g/mol. The Balaban J connectivity index is 2.28. The van der Waals surface area contributed by atoms with Gasteiger partial charge in [0.1, 0.15) is 6.04 Å². The van der Waals surface area contributed by atoms with E-state index >= 15 is 0 Å². The van der Waals surface area contributed by atoms with E-state index in [4.69, 9.17) is 10.2 Å². The molecule has 0 bridgehead atoms. The highest BCUT2D eigenvalue weighted by Crippen LogP contribution is 2.06. The molecule has 0 saturated carbocycles. The molecule has 0 aliphatic carbocycles. The van der Waals surface area contributed by atoms with Crippen LogP contribution in [0.2, 0.25) is 0 Å². The molecule has 5 nitrogen and oxygen atoms in total. The molecule has 0 unspecified atom stereocenters. The first kappa shape index (κ1) is 8.45. The standard InChI is InChI=1S/C6H11NO4/c8-5(11-6(9)10)4-2-1-3-7-4/h4,6-7,9-10H,1-3H2/t4-/m0/s1. The molecule has 11 heavy (non-hydrogen) atoms. The van der Waals surface area contributed by atoms with Crippen LogP contribution in [0.25, 0.3) is 0 Å². The maximum Gasteiger partial charge on any atom is 0.327 e. The van der Waals surface area contributed by atoms with Crippen molar-refractivity contribution in [3.63, 3.8) is 0 Å². The second kappa shape index (κ2) is 3.66. The number of nitrogens with one attached hydrogen (secondary N) is 1. The van der Waals surface area contributed by atoms with E-state index in [1.807, 2.05) is 0 Å². The quantitative estimate of drug-likeness (QED) is 0.341. The summed E-state index contributed by atoms with van der Waals surface area (Å²) in [6.07, 6.45) is 1.62. The van der Waals surface area contributed by atoms with E-state index in [2.05, 4.69) is 10.1 Å². The number of carbonyl (C=O) groups is 1. The fourth-order valence-corrected chi connectivity index (χ4v) is 1.07. The minimum absolute atomic E-state index is 0.364. The molecule has 1 fully saturated rings. The molecule has 0 amide bonds. The Labute approximate surface area is 64.0 Å². The number of esters is 1. The number of aliphatic hydroxyl groups excluding tert-OH is 1. The molecule has 1 atom stereocenters.